The number of carboxylic acids is 1. The van der Waals surface area contributed by atoms with E-state index in [1.807, 2.05) is 0 Å². The van der Waals surface area contributed by atoms with Crippen LogP contribution >= 0.6 is 11.3 Å². The number of hydrogen-bond acceptors (Lipinski definition) is 7. The van der Waals surface area contributed by atoms with Gasteiger partial charge >= 0.3 is 12.1 Å². The lowest BCUT2D eigenvalue weighted by Gasteiger charge is -2.30. The van der Waals surface area contributed by atoms with Gasteiger partial charge in [0.2, 0.25) is 0 Å². The summed E-state index contributed by atoms with van der Waals surface area (Å²) in [7, 11) is 0. The van der Waals surface area contributed by atoms with Crippen molar-refractivity contribution < 1.29 is 24.3 Å². The van der Waals surface area contributed by atoms with E-state index < -0.39 is 17.7 Å². The van der Waals surface area contributed by atoms with Gasteiger partial charge in [0.25, 0.3) is 0 Å². The van der Waals surface area contributed by atoms with Gasteiger partial charge in [-0.25, -0.2) is 14.6 Å². The lowest BCUT2D eigenvalue weighted by atomic mass is 9.99. The van der Waals surface area contributed by atoms with Crippen molar-refractivity contribution in [2.75, 3.05) is 13.1 Å². The third kappa shape index (κ3) is 4.67. The largest absolute Gasteiger partial charge is 0.528 e. The first-order valence-electron chi connectivity index (χ1n) is 7.09. The topological polar surface area (TPSA) is 89.0 Å². The van der Waals surface area contributed by atoms with Gasteiger partial charge in [0.05, 0.1) is 5.01 Å². The number of hydrogen-bond donors (Lipinski definition) is 1. The average molecular weight is 328 g/mol. The fourth-order valence-corrected chi connectivity index (χ4v) is 3.11. The summed E-state index contributed by atoms with van der Waals surface area (Å²) in [5, 5.41) is 12.9. The quantitative estimate of drug-likeness (QED) is 0.853. The van der Waals surface area contributed by atoms with E-state index in [1.165, 1.54) is 11.3 Å². The van der Waals surface area contributed by atoms with Gasteiger partial charge in [0.15, 0.2) is 5.69 Å². The van der Waals surface area contributed by atoms with Crippen LogP contribution in [-0.4, -0.2) is 46.0 Å². The Kier molecular flexibility index (Phi) is 5.02. The Morgan fingerprint density at radius 1 is 1.36 bits per heavy atom. The Bertz CT molecular complexity index is 544. The minimum absolute atomic E-state index is 0.0902. The number of carbonyl (C=O) groups is 2. The maximum Gasteiger partial charge on any atom is 0.528 e. The molecule has 1 saturated heterocycles. The summed E-state index contributed by atoms with van der Waals surface area (Å²) in [4.78, 5) is 31.7. The molecule has 2 heterocycles. The molecule has 0 atom stereocenters. The molecular weight excluding hydrogens is 308 g/mol. The third-order valence-electron chi connectivity index (χ3n) is 3.14. The molecule has 0 spiro atoms. The van der Waals surface area contributed by atoms with Crippen LogP contribution in [0.3, 0.4) is 0 Å². The zero-order valence-corrected chi connectivity index (χ0v) is 13.7. The van der Waals surface area contributed by atoms with E-state index in [1.54, 1.807) is 31.2 Å². The number of carboxylic acid groups (broad SMARTS) is 1. The molecule has 0 amide bonds. The second-order valence-corrected chi connectivity index (χ2v) is 7.02. The van der Waals surface area contributed by atoms with Crippen LogP contribution in [0.5, 0.6) is 0 Å². The normalized spacial score (nSPS) is 17.2. The molecule has 0 bridgehead atoms. The first-order valence-corrected chi connectivity index (χ1v) is 7.97. The number of thiazole rings is 1. The molecule has 7 nitrogen and oxygen atoms in total. The van der Waals surface area contributed by atoms with Crippen molar-refractivity contribution >= 4 is 23.5 Å². The minimum atomic E-state index is -1.01. The fourth-order valence-electron chi connectivity index (χ4n) is 2.14. The van der Waals surface area contributed by atoms with Gasteiger partial charge in [-0.05, 0) is 33.6 Å². The van der Waals surface area contributed by atoms with Crippen molar-refractivity contribution in [3.8, 4) is 0 Å². The van der Waals surface area contributed by atoms with Crippen LogP contribution in [0.25, 0.3) is 0 Å². The Labute approximate surface area is 132 Å². The van der Waals surface area contributed by atoms with Gasteiger partial charge < -0.3 is 14.7 Å². The molecule has 0 unspecified atom stereocenters. The van der Waals surface area contributed by atoms with Crippen LogP contribution < -0.4 is 0 Å². The van der Waals surface area contributed by atoms with E-state index in [9.17, 15) is 9.59 Å². The first kappa shape index (κ1) is 16.7. The standard InChI is InChI=1S/C14H20N2O5S/c1-14(2,3)20-13(19)21-16-6-4-9(5-7-16)11-15-10(8-22-11)12(17)18/h8-9H,4-7H2,1-3H3,(H,17,18). The molecule has 0 radical (unpaired) electrons. The number of ether oxygens (including phenoxy) is 1. The van der Waals surface area contributed by atoms with Gasteiger partial charge in [0, 0.05) is 24.4 Å². The monoisotopic (exact) mass is 328 g/mol. The molecular formula is C14H20N2O5S. The van der Waals surface area contributed by atoms with E-state index in [2.05, 4.69) is 4.98 Å². The summed E-state index contributed by atoms with van der Waals surface area (Å²) in [6, 6.07) is 0. The zero-order valence-electron chi connectivity index (χ0n) is 12.9. The molecule has 0 saturated carbocycles. The molecule has 22 heavy (non-hydrogen) atoms. The molecule has 0 aromatic carbocycles. The number of carbonyl (C=O) groups excluding carboxylic acids is 1. The van der Waals surface area contributed by atoms with Crippen LogP contribution in [0.4, 0.5) is 4.79 Å². The second kappa shape index (κ2) is 6.62. The van der Waals surface area contributed by atoms with E-state index in [4.69, 9.17) is 14.7 Å². The molecule has 1 aliphatic heterocycles. The van der Waals surface area contributed by atoms with Crippen molar-refractivity contribution in [1.82, 2.24) is 10.0 Å². The number of rotatable bonds is 3. The van der Waals surface area contributed by atoms with Gasteiger partial charge in [0.1, 0.15) is 5.60 Å². The Hall–Kier alpha value is -1.67. The van der Waals surface area contributed by atoms with Crippen molar-refractivity contribution in [1.29, 1.82) is 0 Å². The van der Waals surface area contributed by atoms with E-state index in [0.717, 1.165) is 17.8 Å². The molecule has 1 aliphatic rings. The second-order valence-electron chi connectivity index (χ2n) is 6.14. The van der Waals surface area contributed by atoms with Crippen LogP contribution in [0.1, 0.15) is 55.0 Å². The van der Waals surface area contributed by atoms with Crippen LogP contribution in [0.15, 0.2) is 5.38 Å². The van der Waals surface area contributed by atoms with E-state index in [-0.39, 0.29) is 11.6 Å². The first-order chi connectivity index (χ1) is 10.2. The molecule has 122 valence electrons. The number of piperidine rings is 1. The number of hydroxylamine groups is 2. The predicted octanol–water partition coefficient (Wildman–Crippen LogP) is 2.89. The maximum atomic E-state index is 11.6. The minimum Gasteiger partial charge on any atom is -0.476 e. The van der Waals surface area contributed by atoms with Crippen molar-refractivity contribution in [2.24, 2.45) is 0 Å². The summed E-state index contributed by atoms with van der Waals surface area (Å²) in [6.45, 7) is 6.49. The van der Waals surface area contributed by atoms with Gasteiger partial charge in [-0.2, -0.15) is 0 Å². The lowest BCUT2D eigenvalue weighted by molar-refractivity contribution is -0.152. The Balaban J connectivity index is 1.82. The maximum absolute atomic E-state index is 11.6. The number of aromatic carboxylic acids is 1. The third-order valence-corrected chi connectivity index (χ3v) is 4.14. The molecule has 1 N–H and O–H groups in total. The summed E-state index contributed by atoms with van der Waals surface area (Å²) < 4.78 is 5.10. The molecule has 1 aromatic heterocycles. The summed E-state index contributed by atoms with van der Waals surface area (Å²) >= 11 is 1.36. The van der Waals surface area contributed by atoms with E-state index >= 15 is 0 Å². The number of nitrogens with zero attached hydrogens (tertiary/aromatic N) is 2. The van der Waals surface area contributed by atoms with Gasteiger partial charge in [-0.3, -0.25) is 0 Å². The fraction of sp³-hybridized carbons (Fsp3) is 0.643. The highest BCUT2D eigenvalue weighted by Crippen LogP contribution is 2.30. The summed E-state index contributed by atoms with van der Waals surface area (Å²) in [6.07, 6.45) is 0.818. The van der Waals surface area contributed by atoms with Crippen LogP contribution in [0.2, 0.25) is 0 Å². The van der Waals surface area contributed by atoms with Gasteiger partial charge in [-0.1, -0.05) is 0 Å². The average Bonchev–Trinajstić information content (AvgIpc) is 2.87. The predicted molar refractivity (Wildman–Crippen MR) is 79.9 cm³/mol. The highest BCUT2D eigenvalue weighted by molar-refractivity contribution is 7.09. The highest BCUT2D eigenvalue weighted by Gasteiger charge is 2.27. The molecule has 2 rings (SSSR count). The molecule has 0 aliphatic carbocycles. The zero-order chi connectivity index (χ0) is 16.3. The Morgan fingerprint density at radius 2 is 2.00 bits per heavy atom. The van der Waals surface area contributed by atoms with Crippen LogP contribution in [-0.2, 0) is 9.57 Å². The van der Waals surface area contributed by atoms with E-state index in [0.29, 0.717) is 13.1 Å². The molecule has 1 fully saturated rings. The van der Waals surface area contributed by atoms with Crippen LogP contribution in [0, 0.1) is 0 Å². The summed E-state index contributed by atoms with van der Waals surface area (Å²) in [5.74, 6) is -0.801. The molecule has 1 aromatic rings. The Morgan fingerprint density at radius 3 is 2.50 bits per heavy atom. The SMILES string of the molecule is CC(C)(C)OC(=O)ON1CCC(c2nc(C(=O)O)cs2)CC1. The number of aromatic nitrogens is 1. The van der Waals surface area contributed by atoms with Crippen molar-refractivity contribution in [3.05, 3.63) is 16.1 Å². The summed E-state index contributed by atoms with van der Waals surface area (Å²) in [5.41, 5.74) is -0.490. The van der Waals surface area contributed by atoms with Gasteiger partial charge in [-0.15, -0.1) is 16.4 Å². The van der Waals surface area contributed by atoms with Crippen molar-refractivity contribution in [2.45, 2.75) is 45.1 Å². The molecule has 8 heteroatoms. The highest BCUT2D eigenvalue weighted by atomic mass is 32.1. The van der Waals surface area contributed by atoms with Crippen molar-refractivity contribution in [3.63, 3.8) is 0 Å². The lowest BCUT2D eigenvalue weighted by Crippen LogP contribution is -2.37. The smallest absolute Gasteiger partial charge is 0.476 e.